The van der Waals surface area contributed by atoms with Crippen LogP contribution in [0.3, 0.4) is 0 Å². The van der Waals surface area contributed by atoms with E-state index in [2.05, 4.69) is 72.8 Å². The Balaban J connectivity index is 2.17. The summed E-state index contributed by atoms with van der Waals surface area (Å²) >= 11 is 13.2. The van der Waals surface area contributed by atoms with Gasteiger partial charge >= 0.3 is 0 Å². The van der Waals surface area contributed by atoms with E-state index in [0.717, 1.165) is 19.7 Å². The molecule has 22 heavy (non-hydrogen) atoms. The minimum atomic E-state index is 0.745. The van der Waals surface area contributed by atoms with Gasteiger partial charge in [0.2, 0.25) is 0 Å². The van der Waals surface area contributed by atoms with Crippen LogP contribution >= 0.6 is 43.5 Å². The summed E-state index contributed by atoms with van der Waals surface area (Å²) in [5.74, 6) is 0. The highest BCUT2D eigenvalue weighted by molar-refractivity contribution is 9.10. The minimum Gasteiger partial charge on any atom is -0.309 e. The number of aromatic nitrogens is 1. The molecule has 3 aromatic carbocycles. The van der Waals surface area contributed by atoms with Crippen molar-refractivity contribution in [2.75, 3.05) is 0 Å². The van der Waals surface area contributed by atoms with Crippen LogP contribution in [0.2, 0.25) is 5.02 Å². The summed E-state index contributed by atoms with van der Waals surface area (Å²) < 4.78 is 4.42. The number of rotatable bonds is 1. The number of hydrogen-bond donors (Lipinski definition) is 0. The summed E-state index contributed by atoms with van der Waals surface area (Å²) in [5, 5.41) is 3.19. The zero-order valence-electron chi connectivity index (χ0n) is 11.4. The molecule has 0 unspecified atom stereocenters. The highest BCUT2D eigenvalue weighted by atomic mass is 79.9. The molecule has 0 aliphatic carbocycles. The van der Waals surface area contributed by atoms with Crippen molar-refractivity contribution in [3.05, 3.63) is 74.6 Å². The zero-order valence-corrected chi connectivity index (χ0v) is 15.3. The van der Waals surface area contributed by atoms with Gasteiger partial charge in [0.1, 0.15) is 0 Å². The van der Waals surface area contributed by atoms with E-state index in [-0.39, 0.29) is 0 Å². The molecule has 0 fully saturated rings. The highest BCUT2D eigenvalue weighted by Crippen LogP contribution is 2.35. The monoisotopic (exact) mass is 433 g/mol. The second-order valence-electron chi connectivity index (χ2n) is 5.13. The fraction of sp³-hybridized carbons (Fsp3) is 0. The molecular formula is C18H10Br2ClN. The van der Waals surface area contributed by atoms with E-state index >= 15 is 0 Å². The summed E-state index contributed by atoms with van der Waals surface area (Å²) in [7, 11) is 0. The van der Waals surface area contributed by atoms with Crippen molar-refractivity contribution in [2.45, 2.75) is 0 Å². The van der Waals surface area contributed by atoms with Gasteiger partial charge in [-0.3, -0.25) is 0 Å². The molecule has 1 aromatic heterocycles. The lowest BCUT2D eigenvalue weighted by Gasteiger charge is -2.07. The fourth-order valence-electron chi connectivity index (χ4n) is 2.84. The van der Waals surface area contributed by atoms with Crippen molar-refractivity contribution in [2.24, 2.45) is 0 Å². The Kier molecular flexibility index (Phi) is 3.52. The molecule has 0 saturated heterocycles. The lowest BCUT2D eigenvalue weighted by atomic mass is 10.2. The Morgan fingerprint density at radius 3 is 1.68 bits per heavy atom. The molecule has 4 rings (SSSR count). The zero-order chi connectivity index (χ0) is 15.3. The molecule has 0 bridgehead atoms. The van der Waals surface area contributed by atoms with Gasteiger partial charge in [-0.1, -0.05) is 43.5 Å². The maximum Gasteiger partial charge on any atom is 0.0541 e. The van der Waals surface area contributed by atoms with Crippen molar-refractivity contribution in [1.82, 2.24) is 4.57 Å². The van der Waals surface area contributed by atoms with E-state index in [1.807, 2.05) is 24.3 Å². The normalized spacial score (nSPS) is 11.4. The van der Waals surface area contributed by atoms with Crippen molar-refractivity contribution in [3.63, 3.8) is 0 Å². The van der Waals surface area contributed by atoms with E-state index in [4.69, 9.17) is 11.6 Å². The number of hydrogen-bond acceptors (Lipinski definition) is 0. The Morgan fingerprint density at radius 2 is 1.18 bits per heavy atom. The van der Waals surface area contributed by atoms with E-state index in [1.165, 1.54) is 21.8 Å². The summed E-state index contributed by atoms with van der Waals surface area (Å²) in [4.78, 5) is 0. The molecule has 0 aliphatic rings. The van der Waals surface area contributed by atoms with Crippen LogP contribution in [0.5, 0.6) is 0 Å². The second-order valence-corrected chi connectivity index (χ2v) is 7.40. The molecule has 0 amide bonds. The van der Waals surface area contributed by atoms with Crippen LogP contribution in [0.25, 0.3) is 27.5 Å². The molecule has 0 aliphatic heterocycles. The van der Waals surface area contributed by atoms with E-state index in [9.17, 15) is 0 Å². The van der Waals surface area contributed by atoms with Crippen LogP contribution < -0.4 is 0 Å². The van der Waals surface area contributed by atoms with Crippen molar-refractivity contribution in [3.8, 4) is 5.69 Å². The van der Waals surface area contributed by atoms with Gasteiger partial charge in [-0.05, 0) is 60.7 Å². The third-order valence-corrected chi connectivity index (χ3v) is 5.01. The smallest absolute Gasteiger partial charge is 0.0541 e. The Bertz CT molecular complexity index is 944. The lowest BCUT2D eigenvalue weighted by Crippen LogP contribution is -1.92. The average molecular weight is 436 g/mol. The number of fused-ring (bicyclic) bond motifs is 3. The SMILES string of the molecule is Clc1ccc(-n2c3ccc(Br)cc3c3cc(Br)ccc32)cc1. The fourth-order valence-corrected chi connectivity index (χ4v) is 3.68. The maximum atomic E-state index is 6.03. The van der Waals surface area contributed by atoms with Crippen LogP contribution in [-0.2, 0) is 0 Å². The first kappa shape index (κ1) is 14.3. The average Bonchev–Trinajstić information content (AvgIpc) is 2.81. The van der Waals surface area contributed by atoms with E-state index in [1.54, 1.807) is 0 Å². The van der Waals surface area contributed by atoms with E-state index < -0.39 is 0 Å². The largest absolute Gasteiger partial charge is 0.309 e. The van der Waals surface area contributed by atoms with Gasteiger partial charge in [-0.15, -0.1) is 0 Å². The first-order chi connectivity index (χ1) is 10.6. The lowest BCUT2D eigenvalue weighted by molar-refractivity contribution is 1.18. The van der Waals surface area contributed by atoms with Gasteiger partial charge in [-0.25, -0.2) is 0 Å². The third kappa shape index (κ3) is 2.28. The molecule has 4 heteroatoms. The predicted octanol–water partition coefficient (Wildman–Crippen LogP) is 6.96. The van der Waals surface area contributed by atoms with Crippen LogP contribution in [-0.4, -0.2) is 4.57 Å². The standard InChI is InChI=1S/C18H10Br2ClN/c19-11-1-7-17-15(9-11)16-10-12(20)2-8-18(16)22(17)14-5-3-13(21)4-6-14/h1-10H. The summed E-state index contributed by atoms with van der Waals surface area (Å²) in [6.45, 7) is 0. The molecule has 1 heterocycles. The Labute approximate surface area is 149 Å². The van der Waals surface area contributed by atoms with Gasteiger partial charge in [0.15, 0.2) is 0 Å². The molecule has 0 radical (unpaired) electrons. The Hall–Kier alpha value is -1.29. The minimum absolute atomic E-state index is 0.745. The number of benzene rings is 3. The number of halogens is 3. The first-order valence-electron chi connectivity index (χ1n) is 6.79. The first-order valence-corrected chi connectivity index (χ1v) is 8.75. The maximum absolute atomic E-state index is 6.03. The quantitative estimate of drug-likeness (QED) is 0.304. The van der Waals surface area contributed by atoms with Gasteiger partial charge in [0.25, 0.3) is 0 Å². The van der Waals surface area contributed by atoms with Crippen molar-refractivity contribution < 1.29 is 0 Å². The molecule has 1 nitrogen and oxygen atoms in total. The molecule has 4 aromatic rings. The summed E-state index contributed by atoms with van der Waals surface area (Å²) in [6, 6.07) is 20.7. The second kappa shape index (κ2) is 5.41. The van der Waals surface area contributed by atoms with Crippen LogP contribution in [0.15, 0.2) is 69.6 Å². The third-order valence-electron chi connectivity index (χ3n) is 3.77. The van der Waals surface area contributed by atoms with Crippen LogP contribution in [0, 0.1) is 0 Å². The van der Waals surface area contributed by atoms with Crippen molar-refractivity contribution in [1.29, 1.82) is 0 Å². The van der Waals surface area contributed by atoms with Gasteiger partial charge in [0.05, 0.1) is 11.0 Å². The molecule has 0 atom stereocenters. The molecule has 0 spiro atoms. The Morgan fingerprint density at radius 1 is 0.682 bits per heavy atom. The number of nitrogens with zero attached hydrogens (tertiary/aromatic N) is 1. The summed E-state index contributed by atoms with van der Waals surface area (Å²) in [6.07, 6.45) is 0. The van der Waals surface area contributed by atoms with Gasteiger partial charge in [-0.2, -0.15) is 0 Å². The molecule has 0 saturated carbocycles. The predicted molar refractivity (Wildman–Crippen MR) is 101 cm³/mol. The summed E-state index contributed by atoms with van der Waals surface area (Å²) in [5.41, 5.74) is 3.46. The van der Waals surface area contributed by atoms with Crippen LogP contribution in [0.4, 0.5) is 0 Å². The van der Waals surface area contributed by atoms with Gasteiger partial charge < -0.3 is 4.57 Å². The topological polar surface area (TPSA) is 4.93 Å². The van der Waals surface area contributed by atoms with Gasteiger partial charge in [0, 0.05) is 30.4 Å². The van der Waals surface area contributed by atoms with Crippen LogP contribution in [0.1, 0.15) is 0 Å². The van der Waals surface area contributed by atoms with E-state index in [0.29, 0.717) is 0 Å². The molecular weight excluding hydrogens is 425 g/mol. The highest BCUT2D eigenvalue weighted by Gasteiger charge is 2.12. The van der Waals surface area contributed by atoms with Crippen molar-refractivity contribution >= 4 is 65.3 Å². The molecule has 108 valence electrons. The molecule has 0 N–H and O–H groups in total.